The van der Waals surface area contributed by atoms with Gasteiger partial charge in [-0.1, -0.05) is 6.07 Å². The molecule has 1 aliphatic rings. The Kier molecular flexibility index (Phi) is 5.84. The maximum Gasteiger partial charge on any atom is 0.173 e. The molecule has 7 nitrogen and oxygen atoms in total. The average molecular weight is 430 g/mol. The monoisotopic (exact) mass is 429 g/mol. The van der Waals surface area contributed by atoms with Crippen molar-refractivity contribution in [2.75, 3.05) is 36.8 Å². The van der Waals surface area contributed by atoms with Crippen LogP contribution in [0.25, 0.3) is 5.65 Å². The number of aromatic nitrogens is 4. The molecule has 4 heterocycles. The first-order valence-electron chi connectivity index (χ1n) is 9.43. The predicted octanol–water partition coefficient (Wildman–Crippen LogP) is 3.40. The van der Waals surface area contributed by atoms with E-state index in [1.165, 1.54) is 25.9 Å². The van der Waals surface area contributed by atoms with Gasteiger partial charge in [0, 0.05) is 31.5 Å². The lowest BCUT2D eigenvalue weighted by atomic mass is 10.3. The second-order valence-corrected chi connectivity index (χ2v) is 7.65. The van der Waals surface area contributed by atoms with Crippen molar-refractivity contribution in [1.29, 1.82) is 0 Å². The van der Waals surface area contributed by atoms with E-state index in [9.17, 15) is 0 Å². The number of nitrogens with zero attached hydrogens (tertiary/aromatic N) is 5. The van der Waals surface area contributed by atoms with Crippen molar-refractivity contribution in [2.45, 2.75) is 25.8 Å². The molecule has 0 saturated carbocycles. The molecule has 0 aromatic carbocycles. The molecule has 0 unspecified atom stereocenters. The van der Waals surface area contributed by atoms with Crippen LogP contribution in [0.1, 0.15) is 24.8 Å². The van der Waals surface area contributed by atoms with Crippen LogP contribution in [0.3, 0.4) is 0 Å². The lowest BCUT2D eigenvalue weighted by Crippen LogP contribution is -2.22. The fraction of sp³-hybridized carbons (Fsp3) is 0.421. The summed E-state index contributed by atoms with van der Waals surface area (Å²) >= 11 is 3.54. The Morgan fingerprint density at radius 3 is 2.85 bits per heavy atom. The number of rotatable bonds is 8. The summed E-state index contributed by atoms with van der Waals surface area (Å²) in [5.41, 5.74) is 1.92. The first kappa shape index (κ1) is 18.2. The summed E-state index contributed by atoms with van der Waals surface area (Å²) < 4.78 is 2.70. The SMILES string of the molecule is Brc1cnn2c(NCc3cccnc3)cc(NCCCN3CCCC3)nc12. The van der Waals surface area contributed by atoms with Crippen molar-refractivity contribution in [3.63, 3.8) is 0 Å². The van der Waals surface area contributed by atoms with Gasteiger partial charge in [-0.15, -0.1) is 0 Å². The van der Waals surface area contributed by atoms with Gasteiger partial charge in [0.05, 0.1) is 10.7 Å². The molecule has 142 valence electrons. The van der Waals surface area contributed by atoms with E-state index in [4.69, 9.17) is 4.98 Å². The number of hydrogen-bond donors (Lipinski definition) is 2. The average Bonchev–Trinajstić information content (AvgIpc) is 3.35. The Morgan fingerprint density at radius 2 is 2.04 bits per heavy atom. The normalized spacial score (nSPS) is 14.7. The number of halogens is 1. The van der Waals surface area contributed by atoms with Crippen molar-refractivity contribution in [3.05, 3.63) is 46.8 Å². The second kappa shape index (κ2) is 8.67. The van der Waals surface area contributed by atoms with Crippen molar-refractivity contribution in [1.82, 2.24) is 24.5 Å². The first-order valence-corrected chi connectivity index (χ1v) is 10.2. The number of likely N-dealkylation sites (tertiary alicyclic amines) is 1. The topological polar surface area (TPSA) is 70.4 Å². The van der Waals surface area contributed by atoms with E-state index in [0.29, 0.717) is 6.54 Å². The molecular weight excluding hydrogens is 406 g/mol. The summed E-state index contributed by atoms with van der Waals surface area (Å²) in [4.78, 5) is 11.4. The Morgan fingerprint density at radius 1 is 1.15 bits per heavy atom. The van der Waals surface area contributed by atoms with E-state index < -0.39 is 0 Å². The predicted molar refractivity (Wildman–Crippen MR) is 111 cm³/mol. The highest BCUT2D eigenvalue weighted by Crippen LogP contribution is 2.23. The van der Waals surface area contributed by atoms with Gasteiger partial charge in [0.2, 0.25) is 0 Å². The Hall–Kier alpha value is -2.19. The van der Waals surface area contributed by atoms with E-state index in [0.717, 1.165) is 46.8 Å². The summed E-state index contributed by atoms with van der Waals surface area (Å²) in [6, 6.07) is 6.00. The molecule has 0 bridgehead atoms. The van der Waals surface area contributed by atoms with Gasteiger partial charge in [-0.2, -0.15) is 9.61 Å². The zero-order valence-corrected chi connectivity index (χ0v) is 16.8. The molecule has 1 saturated heterocycles. The summed E-state index contributed by atoms with van der Waals surface area (Å²) in [7, 11) is 0. The van der Waals surface area contributed by atoms with E-state index in [1.54, 1.807) is 12.4 Å². The molecule has 27 heavy (non-hydrogen) atoms. The molecule has 0 radical (unpaired) electrons. The molecule has 4 rings (SSSR count). The maximum atomic E-state index is 4.70. The Labute approximate surface area is 167 Å². The van der Waals surface area contributed by atoms with Crippen LogP contribution in [-0.2, 0) is 6.54 Å². The van der Waals surface area contributed by atoms with Crippen LogP contribution in [0.15, 0.2) is 41.3 Å². The van der Waals surface area contributed by atoms with Crippen LogP contribution in [-0.4, -0.2) is 50.7 Å². The number of fused-ring (bicyclic) bond motifs is 1. The molecule has 3 aromatic rings. The number of hydrogen-bond acceptors (Lipinski definition) is 6. The van der Waals surface area contributed by atoms with E-state index >= 15 is 0 Å². The molecule has 1 aliphatic heterocycles. The highest BCUT2D eigenvalue weighted by molar-refractivity contribution is 9.10. The van der Waals surface area contributed by atoms with Crippen LogP contribution < -0.4 is 10.6 Å². The largest absolute Gasteiger partial charge is 0.370 e. The quantitative estimate of drug-likeness (QED) is 0.534. The number of pyridine rings is 1. The summed E-state index contributed by atoms with van der Waals surface area (Å²) in [5.74, 6) is 1.76. The van der Waals surface area contributed by atoms with Crippen LogP contribution in [0, 0.1) is 0 Å². The number of nitrogens with one attached hydrogen (secondary N) is 2. The lowest BCUT2D eigenvalue weighted by Gasteiger charge is -2.15. The summed E-state index contributed by atoms with van der Waals surface area (Å²) in [5, 5.41) is 11.3. The number of anilines is 2. The molecule has 1 fully saturated rings. The highest BCUT2D eigenvalue weighted by Gasteiger charge is 2.12. The van der Waals surface area contributed by atoms with E-state index in [-0.39, 0.29) is 0 Å². The third kappa shape index (κ3) is 4.56. The second-order valence-electron chi connectivity index (χ2n) is 6.80. The molecule has 2 N–H and O–H groups in total. The van der Waals surface area contributed by atoms with Gasteiger partial charge in [-0.05, 0) is 66.5 Å². The van der Waals surface area contributed by atoms with Crippen LogP contribution in [0.5, 0.6) is 0 Å². The van der Waals surface area contributed by atoms with Crippen molar-refractivity contribution in [3.8, 4) is 0 Å². The van der Waals surface area contributed by atoms with Crippen molar-refractivity contribution >= 4 is 33.2 Å². The third-order valence-electron chi connectivity index (χ3n) is 4.78. The van der Waals surface area contributed by atoms with Gasteiger partial charge < -0.3 is 15.5 Å². The van der Waals surface area contributed by atoms with Gasteiger partial charge in [0.15, 0.2) is 5.65 Å². The van der Waals surface area contributed by atoms with Gasteiger partial charge >= 0.3 is 0 Å². The minimum Gasteiger partial charge on any atom is -0.370 e. The molecule has 0 atom stereocenters. The zero-order valence-electron chi connectivity index (χ0n) is 15.2. The fourth-order valence-corrected chi connectivity index (χ4v) is 3.72. The van der Waals surface area contributed by atoms with E-state index in [2.05, 4.69) is 47.6 Å². The summed E-state index contributed by atoms with van der Waals surface area (Å²) in [6.07, 6.45) is 9.21. The van der Waals surface area contributed by atoms with Gasteiger partial charge in [-0.25, -0.2) is 4.98 Å². The molecule has 3 aromatic heterocycles. The van der Waals surface area contributed by atoms with Crippen molar-refractivity contribution in [2.24, 2.45) is 0 Å². The minimum absolute atomic E-state index is 0.679. The van der Waals surface area contributed by atoms with Crippen molar-refractivity contribution < 1.29 is 0 Å². The molecule has 0 aliphatic carbocycles. The van der Waals surface area contributed by atoms with Crippen LogP contribution >= 0.6 is 15.9 Å². The standard InChI is InChI=1S/C19H24BrN7/c20-16-14-24-27-18(23-13-15-5-3-6-21-12-15)11-17(25-19(16)27)22-7-4-10-26-8-1-2-9-26/h3,5-6,11-12,14,23H,1-2,4,7-10,13H2,(H,22,25). The van der Waals surface area contributed by atoms with Crippen LogP contribution in [0.4, 0.5) is 11.6 Å². The molecular formula is C19H24BrN7. The van der Waals surface area contributed by atoms with E-state index in [1.807, 2.05) is 22.8 Å². The smallest absolute Gasteiger partial charge is 0.173 e. The highest BCUT2D eigenvalue weighted by atomic mass is 79.9. The lowest BCUT2D eigenvalue weighted by molar-refractivity contribution is 0.337. The third-order valence-corrected chi connectivity index (χ3v) is 5.34. The van der Waals surface area contributed by atoms with Crippen LogP contribution in [0.2, 0.25) is 0 Å². The maximum absolute atomic E-state index is 4.70. The molecule has 0 amide bonds. The first-order chi connectivity index (χ1) is 13.3. The van der Waals surface area contributed by atoms with Gasteiger partial charge in [0.25, 0.3) is 0 Å². The Bertz CT molecular complexity index is 874. The molecule has 0 spiro atoms. The summed E-state index contributed by atoms with van der Waals surface area (Å²) in [6.45, 7) is 5.23. The van der Waals surface area contributed by atoms with Gasteiger partial charge in [0.1, 0.15) is 11.6 Å². The minimum atomic E-state index is 0.679. The Balaban J connectivity index is 1.43. The molecule has 8 heteroatoms. The zero-order chi connectivity index (χ0) is 18.5. The fourth-order valence-electron chi connectivity index (χ4n) is 3.37. The van der Waals surface area contributed by atoms with Gasteiger partial charge in [-0.3, -0.25) is 4.98 Å².